The lowest BCUT2D eigenvalue weighted by atomic mass is 9.46. The fourth-order valence-electron chi connectivity index (χ4n) is 6.72. The van der Waals surface area contributed by atoms with E-state index in [-0.39, 0.29) is 28.8 Å². The van der Waals surface area contributed by atoms with Crippen molar-refractivity contribution in [3.05, 3.63) is 35.0 Å². The first-order chi connectivity index (χ1) is 13.8. The van der Waals surface area contributed by atoms with E-state index in [1.54, 1.807) is 13.0 Å². The lowest BCUT2D eigenvalue weighted by molar-refractivity contribution is -0.153. The van der Waals surface area contributed by atoms with Crippen LogP contribution in [0, 0.1) is 17.3 Å². The van der Waals surface area contributed by atoms with Gasteiger partial charge in [0.25, 0.3) is 0 Å². The molecule has 5 nitrogen and oxygen atoms in total. The molecular formula is C23H27ClN2O3. The molecule has 4 bridgehead atoms. The van der Waals surface area contributed by atoms with Crippen LogP contribution in [0.2, 0.25) is 5.02 Å². The van der Waals surface area contributed by atoms with Crippen molar-refractivity contribution in [3.63, 3.8) is 0 Å². The van der Waals surface area contributed by atoms with Gasteiger partial charge in [-0.2, -0.15) is 0 Å². The predicted molar refractivity (Wildman–Crippen MR) is 111 cm³/mol. The number of halogens is 1. The molecule has 4 saturated carbocycles. The Kier molecular flexibility index (Phi) is 4.25. The van der Waals surface area contributed by atoms with Gasteiger partial charge in [0.2, 0.25) is 11.8 Å². The molecule has 0 saturated heterocycles. The van der Waals surface area contributed by atoms with E-state index in [2.05, 4.69) is 10.6 Å². The van der Waals surface area contributed by atoms with Gasteiger partial charge in [-0.3, -0.25) is 9.59 Å². The number of fused-ring (bicyclic) bond motifs is 1. The van der Waals surface area contributed by atoms with Crippen LogP contribution in [-0.4, -0.2) is 17.4 Å². The van der Waals surface area contributed by atoms with Crippen molar-refractivity contribution in [1.82, 2.24) is 10.6 Å². The molecule has 154 valence electrons. The van der Waals surface area contributed by atoms with Gasteiger partial charge in [-0.05, 0) is 81.5 Å². The Hall–Kier alpha value is -2.01. The Balaban J connectivity index is 1.37. The Morgan fingerprint density at radius 1 is 1.17 bits per heavy atom. The van der Waals surface area contributed by atoms with Crippen molar-refractivity contribution >= 4 is 34.4 Å². The molecule has 4 aliphatic rings. The molecule has 4 aliphatic carbocycles. The molecule has 0 spiro atoms. The van der Waals surface area contributed by atoms with Gasteiger partial charge in [0, 0.05) is 22.9 Å². The Morgan fingerprint density at radius 3 is 2.59 bits per heavy atom. The summed E-state index contributed by atoms with van der Waals surface area (Å²) in [6.07, 6.45) is 5.82. The fraction of sp³-hybridized carbons (Fsp3) is 0.565. The maximum Gasteiger partial charge on any atom is 0.226 e. The maximum absolute atomic E-state index is 13.5. The summed E-state index contributed by atoms with van der Waals surface area (Å²) in [6.45, 7) is 3.54. The highest BCUT2D eigenvalue weighted by Crippen LogP contribution is 2.61. The molecule has 6 heteroatoms. The zero-order chi connectivity index (χ0) is 20.4. The molecule has 1 heterocycles. The summed E-state index contributed by atoms with van der Waals surface area (Å²) < 4.78 is 5.95. The first-order valence-electron chi connectivity index (χ1n) is 10.5. The van der Waals surface area contributed by atoms with Gasteiger partial charge < -0.3 is 15.1 Å². The predicted octanol–water partition coefficient (Wildman–Crippen LogP) is 4.74. The second-order valence-electron chi connectivity index (χ2n) is 9.73. The maximum atomic E-state index is 13.5. The summed E-state index contributed by atoms with van der Waals surface area (Å²) in [7, 11) is 0. The minimum Gasteiger partial charge on any atom is -0.459 e. The van der Waals surface area contributed by atoms with Crippen LogP contribution in [-0.2, 0) is 9.59 Å². The molecule has 1 aromatic heterocycles. The van der Waals surface area contributed by atoms with Gasteiger partial charge in [-0.25, -0.2) is 0 Å². The lowest BCUT2D eigenvalue weighted by Crippen LogP contribution is -2.65. The molecule has 6 rings (SSSR count). The minimum absolute atomic E-state index is 0.0109. The number of rotatable bonds is 4. The van der Waals surface area contributed by atoms with E-state index in [9.17, 15) is 9.59 Å². The van der Waals surface area contributed by atoms with E-state index < -0.39 is 0 Å². The van der Waals surface area contributed by atoms with Gasteiger partial charge in [0.15, 0.2) is 0 Å². The quantitative estimate of drug-likeness (QED) is 0.759. The normalized spacial score (nSPS) is 33.6. The highest BCUT2D eigenvalue weighted by molar-refractivity contribution is 6.31. The van der Waals surface area contributed by atoms with Crippen LogP contribution in [0.4, 0.5) is 0 Å². The molecular weight excluding hydrogens is 388 g/mol. The van der Waals surface area contributed by atoms with Crippen LogP contribution >= 0.6 is 11.6 Å². The Bertz CT molecular complexity index is 983. The molecule has 4 fully saturated rings. The number of carbonyl (C=O) groups excluding carboxylic acids is 2. The molecule has 2 aromatic rings. The van der Waals surface area contributed by atoms with Crippen LogP contribution in [0.15, 0.2) is 28.7 Å². The third-order valence-electron chi connectivity index (χ3n) is 7.26. The van der Waals surface area contributed by atoms with Crippen molar-refractivity contribution in [2.45, 2.75) is 64.0 Å². The zero-order valence-corrected chi connectivity index (χ0v) is 17.6. The number of carbonyl (C=O) groups is 2. The van der Waals surface area contributed by atoms with Crippen LogP contribution in [0.25, 0.3) is 11.0 Å². The second-order valence-corrected chi connectivity index (χ2v) is 10.2. The number of nitrogens with one attached hydrogen (secondary N) is 2. The monoisotopic (exact) mass is 414 g/mol. The average Bonchev–Trinajstić information content (AvgIpc) is 3.02. The highest BCUT2D eigenvalue weighted by Gasteiger charge is 2.61. The molecule has 2 unspecified atom stereocenters. The number of amides is 2. The molecule has 29 heavy (non-hydrogen) atoms. The Morgan fingerprint density at radius 2 is 1.90 bits per heavy atom. The Labute approximate surface area is 175 Å². The minimum atomic E-state index is -0.379. The van der Waals surface area contributed by atoms with Gasteiger partial charge in [0.05, 0.1) is 11.5 Å². The molecule has 5 atom stereocenters. The largest absolute Gasteiger partial charge is 0.459 e. The van der Waals surface area contributed by atoms with Crippen molar-refractivity contribution in [2.24, 2.45) is 17.3 Å². The zero-order valence-electron chi connectivity index (χ0n) is 16.9. The SMILES string of the molecule is CC(=O)NC12C[C@H]3C[C@@H](C1)CC(C(=O)N[C@@H](C)c1cc4cc(Cl)ccc4o1)(C3)C2. The van der Waals surface area contributed by atoms with Crippen LogP contribution < -0.4 is 10.6 Å². The second kappa shape index (κ2) is 6.49. The third-order valence-corrected chi connectivity index (χ3v) is 7.49. The van der Waals surface area contributed by atoms with Gasteiger partial charge >= 0.3 is 0 Å². The smallest absolute Gasteiger partial charge is 0.226 e. The van der Waals surface area contributed by atoms with Crippen LogP contribution in [0.1, 0.15) is 64.2 Å². The summed E-state index contributed by atoms with van der Waals surface area (Å²) >= 11 is 6.08. The average molecular weight is 415 g/mol. The van der Waals surface area contributed by atoms with Crippen molar-refractivity contribution < 1.29 is 14.0 Å². The van der Waals surface area contributed by atoms with E-state index in [1.807, 2.05) is 25.1 Å². The lowest BCUT2D eigenvalue weighted by Gasteiger charge is -2.61. The third kappa shape index (κ3) is 3.24. The summed E-state index contributed by atoms with van der Waals surface area (Å²) in [5, 5.41) is 8.05. The summed E-state index contributed by atoms with van der Waals surface area (Å²) in [5.74, 6) is 1.90. The van der Waals surface area contributed by atoms with Gasteiger partial charge in [-0.15, -0.1) is 0 Å². The van der Waals surface area contributed by atoms with Gasteiger partial charge in [0.1, 0.15) is 11.3 Å². The molecule has 2 N–H and O–H groups in total. The number of hydrogen-bond acceptors (Lipinski definition) is 3. The van der Waals surface area contributed by atoms with E-state index in [0.29, 0.717) is 16.9 Å². The van der Waals surface area contributed by atoms with Crippen molar-refractivity contribution in [1.29, 1.82) is 0 Å². The highest BCUT2D eigenvalue weighted by atomic mass is 35.5. The molecule has 1 aromatic carbocycles. The number of furan rings is 1. The number of benzene rings is 1. The summed E-state index contributed by atoms with van der Waals surface area (Å²) in [5.41, 5.74) is 0.188. The van der Waals surface area contributed by atoms with E-state index in [4.69, 9.17) is 16.0 Å². The van der Waals surface area contributed by atoms with E-state index in [0.717, 1.165) is 48.8 Å². The molecule has 0 aliphatic heterocycles. The summed E-state index contributed by atoms with van der Waals surface area (Å²) in [6, 6.07) is 7.25. The molecule has 2 amide bonds. The molecule has 0 radical (unpaired) electrons. The summed E-state index contributed by atoms with van der Waals surface area (Å²) in [4.78, 5) is 25.3. The van der Waals surface area contributed by atoms with E-state index >= 15 is 0 Å². The topological polar surface area (TPSA) is 71.3 Å². The van der Waals surface area contributed by atoms with Crippen LogP contribution in [0.5, 0.6) is 0 Å². The fourth-order valence-corrected chi connectivity index (χ4v) is 6.90. The van der Waals surface area contributed by atoms with Crippen LogP contribution in [0.3, 0.4) is 0 Å². The van der Waals surface area contributed by atoms with Gasteiger partial charge in [-0.1, -0.05) is 11.6 Å². The standard InChI is InChI=1S/C23H27ClN2O3/c1-13(20-7-17-6-18(24)3-4-19(17)29-20)25-21(28)22-8-15-5-16(9-22)11-23(10-15,12-22)26-14(2)27/h3-4,6-7,13,15-16H,5,8-12H2,1-2H3,(H,25,28)(H,26,27)/t13-,15-,16+,22?,23?/m0/s1. The first-order valence-corrected chi connectivity index (χ1v) is 10.9. The van der Waals surface area contributed by atoms with Crippen molar-refractivity contribution in [3.8, 4) is 0 Å². The first kappa shape index (κ1) is 19.0. The number of hydrogen-bond donors (Lipinski definition) is 2. The van der Waals surface area contributed by atoms with E-state index in [1.165, 1.54) is 6.42 Å². The van der Waals surface area contributed by atoms with Crippen molar-refractivity contribution in [2.75, 3.05) is 0 Å².